The molecule has 0 bridgehead atoms. The molecular formula is C27H25FN2O8S. The summed E-state index contributed by atoms with van der Waals surface area (Å²) < 4.78 is 35.5. The van der Waals surface area contributed by atoms with Gasteiger partial charge in [0.2, 0.25) is 5.75 Å². The molecule has 1 aromatic heterocycles. The molecule has 3 aromatic rings. The summed E-state index contributed by atoms with van der Waals surface area (Å²) in [6, 6.07) is 5.76. The van der Waals surface area contributed by atoms with E-state index in [9.17, 15) is 23.9 Å². The second-order valence-electron chi connectivity index (χ2n) is 8.49. The standard InChI is InChI=1S/C27H25FN2O8S/c1-12-7-8-14(9-16(12)28)21(31)19-20(15-10-17(35-3)23(37-5)18(11-15)36-4)30(25(33)22(19)32)27-29-13(2)24(39-27)26(34)38-6/h7-11,20,31H,1-6H3. The van der Waals surface area contributed by atoms with Gasteiger partial charge in [0.1, 0.15) is 16.5 Å². The molecule has 1 N–H and O–H groups in total. The molecule has 1 atom stereocenters. The van der Waals surface area contributed by atoms with Crippen LogP contribution >= 0.6 is 11.3 Å². The molecule has 0 saturated carbocycles. The number of hydrogen-bond acceptors (Lipinski definition) is 10. The Bertz CT molecular complexity index is 1500. The summed E-state index contributed by atoms with van der Waals surface area (Å²) >= 11 is 0.851. The van der Waals surface area contributed by atoms with Crippen molar-refractivity contribution in [3.63, 3.8) is 0 Å². The zero-order valence-corrected chi connectivity index (χ0v) is 22.8. The maximum absolute atomic E-state index is 14.4. The number of amides is 1. The van der Waals surface area contributed by atoms with E-state index in [2.05, 4.69) is 4.98 Å². The van der Waals surface area contributed by atoms with E-state index in [0.717, 1.165) is 22.3 Å². The van der Waals surface area contributed by atoms with Gasteiger partial charge in [-0.3, -0.25) is 14.5 Å². The van der Waals surface area contributed by atoms with Crippen molar-refractivity contribution in [1.82, 2.24) is 4.98 Å². The van der Waals surface area contributed by atoms with Crippen LogP contribution in [0, 0.1) is 19.7 Å². The molecule has 0 radical (unpaired) electrons. The minimum atomic E-state index is -1.25. The van der Waals surface area contributed by atoms with Gasteiger partial charge in [-0.2, -0.15) is 0 Å². The fourth-order valence-corrected chi connectivity index (χ4v) is 5.28. The molecule has 1 unspecified atom stereocenters. The lowest BCUT2D eigenvalue weighted by atomic mass is 9.94. The highest BCUT2D eigenvalue weighted by Gasteiger charge is 2.49. The Hall–Kier alpha value is -4.45. The number of hydrogen-bond donors (Lipinski definition) is 1. The number of ketones is 1. The van der Waals surface area contributed by atoms with E-state index in [1.807, 2.05) is 0 Å². The Morgan fingerprint density at radius 3 is 2.21 bits per heavy atom. The van der Waals surface area contributed by atoms with Crippen molar-refractivity contribution in [2.45, 2.75) is 19.9 Å². The number of aliphatic hydroxyl groups excluding tert-OH is 1. The second-order valence-corrected chi connectivity index (χ2v) is 9.47. The number of rotatable bonds is 7. The summed E-state index contributed by atoms with van der Waals surface area (Å²) in [5.74, 6) is -3.17. The van der Waals surface area contributed by atoms with Gasteiger partial charge in [-0.15, -0.1) is 0 Å². The molecule has 39 heavy (non-hydrogen) atoms. The zero-order valence-electron chi connectivity index (χ0n) is 21.9. The molecule has 12 heteroatoms. The predicted molar refractivity (Wildman–Crippen MR) is 140 cm³/mol. The molecule has 1 saturated heterocycles. The van der Waals surface area contributed by atoms with Crippen LogP contribution in [0.15, 0.2) is 35.9 Å². The summed E-state index contributed by atoms with van der Waals surface area (Å²) in [5, 5.41) is 11.3. The number of ether oxygens (including phenoxy) is 4. The molecule has 1 fully saturated rings. The molecule has 1 amide bonds. The van der Waals surface area contributed by atoms with Crippen LogP contribution in [-0.4, -0.2) is 56.2 Å². The summed E-state index contributed by atoms with van der Waals surface area (Å²) in [5.41, 5.74) is 0.601. The highest BCUT2D eigenvalue weighted by molar-refractivity contribution is 7.17. The number of aliphatic hydroxyl groups is 1. The Kier molecular flexibility index (Phi) is 7.59. The Morgan fingerprint density at radius 2 is 1.67 bits per heavy atom. The lowest BCUT2D eigenvalue weighted by Crippen LogP contribution is -2.29. The molecule has 0 aliphatic carbocycles. The van der Waals surface area contributed by atoms with E-state index < -0.39 is 35.3 Å². The van der Waals surface area contributed by atoms with Crippen LogP contribution in [0.1, 0.15) is 38.1 Å². The van der Waals surface area contributed by atoms with Crippen LogP contribution < -0.4 is 19.1 Å². The average molecular weight is 557 g/mol. The number of halogens is 1. The highest BCUT2D eigenvalue weighted by Crippen LogP contribution is 2.48. The Balaban J connectivity index is 2.03. The minimum absolute atomic E-state index is 0.000823. The molecule has 4 rings (SSSR count). The first kappa shape index (κ1) is 27.6. The summed E-state index contributed by atoms with van der Waals surface area (Å²) in [6.07, 6.45) is 0. The van der Waals surface area contributed by atoms with Crippen molar-refractivity contribution in [3.05, 3.63) is 69.0 Å². The summed E-state index contributed by atoms with van der Waals surface area (Å²) in [4.78, 5) is 44.7. The van der Waals surface area contributed by atoms with Gasteiger partial charge in [0.25, 0.3) is 5.78 Å². The van der Waals surface area contributed by atoms with Crippen molar-refractivity contribution in [2.75, 3.05) is 33.3 Å². The zero-order chi connectivity index (χ0) is 28.6. The van der Waals surface area contributed by atoms with Gasteiger partial charge >= 0.3 is 11.9 Å². The molecular weight excluding hydrogens is 531 g/mol. The molecule has 2 heterocycles. The number of methoxy groups -OCH3 is 4. The molecule has 204 valence electrons. The van der Waals surface area contributed by atoms with Gasteiger partial charge in [0.05, 0.1) is 45.7 Å². The third kappa shape index (κ3) is 4.67. The largest absolute Gasteiger partial charge is 0.507 e. The minimum Gasteiger partial charge on any atom is -0.507 e. The number of nitrogens with zero attached hydrogens (tertiary/aromatic N) is 2. The van der Waals surface area contributed by atoms with E-state index in [-0.39, 0.29) is 44.1 Å². The van der Waals surface area contributed by atoms with Crippen LogP contribution in [0.25, 0.3) is 5.76 Å². The number of aryl methyl sites for hydroxylation is 2. The Labute approximate surface area is 227 Å². The fraction of sp³-hybridized carbons (Fsp3) is 0.259. The highest BCUT2D eigenvalue weighted by atomic mass is 32.1. The van der Waals surface area contributed by atoms with Crippen molar-refractivity contribution in [3.8, 4) is 17.2 Å². The third-order valence-electron chi connectivity index (χ3n) is 6.25. The number of benzene rings is 2. The van der Waals surface area contributed by atoms with E-state index in [4.69, 9.17) is 18.9 Å². The molecule has 1 aliphatic heterocycles. The number of thiazole rings is 1. The normalized spacial score (nSPS) is 16.4. The van der Waals surface area contributed by atoms with Gasteiger partial charge < -0.3 is 24.1 Å². The van der Waals surface area contributed by atoms with Gasteiger partial charge in [0.15, 0.2) is 16.6 Å². The van der Waals surface area contributed by atoms with E-state index in [1.54, 1.807) is 13.8 Å². The number of carbonyl (C=O) groups is 3. The molecule has 2 aromatic carbocycles. The first-order valence-electron chi connectivity index (χ1n) is 11.5. The van der Waals surface area contributed by atoms with E-state index in [1.165, 1.54) is 52.7 Å². The monoisotopic (exact) mass is 556 g/mol. The number of anilines is 1. The fourth-order valence-electron chi connectivity index (χ4n) is 4.27. The van der Waals surface area contributed by atoms with Crippen molar-refractivity contribution in [2.24, 2.45) is 0 Å². The van der Waals surface area contributed by atoms with Crippen LogP contribution in [0.2, 0.25) is 0 Å². The maximum Gasteiger partial charge on any atom is 0.350 e. The van der Waals surface area contributed by atoms with Crippen LogP contribution in [0.3, 0.4) is 0 Å². The number of esters is 1. The van der Waals surface area contributed by atoms with Crippen molar-refractivity contribution in [1.29, 1.82) is 0 Å². The van der Waals surface area contributed by atoms with Crippen LogP contribution in [0.5, 0.6) is 17.2 Å². The topological polar surface area (TPSA) is 124 Å². The van der Waals surface area contributed by atoms with Gasteiger partial charge in [-0.1, -0.05) is 23.5 Å². The van der Waals surface area contributed by atoms with E-state index in [0.29, 0.717) is 11.1 Å². The van der Waals surface area contributed by atoms with Crippen LogP contribution in [-0.2, 0) is 14.3 Å². The number of aromatic nitrogens is 1. The first-order valence-corrected chi connectivity index (χ1v) is 12.3. The SMILES string of the molecule is COC(=O)c1sc(N2C(=O)C(=O)C(=C(O)c3ccc(C)c(F)c3)C2c2cc(OC)c(OC)c(OC)c2)nc1C. The Morgan fingerprint density at radius 1 is 1.03 bits per heavy atom. The van der Waals surface area contributed by atoms with Crippen molar-refractivity contribution >= 4 is 39.9 Å². The number of carbonyl (C=O) groups excluding carboxylic acids is 3. The lowest BCUT2D eigenvalue weighted by Gasteiger charge is -2.24. The quantitative estimate of drug-likeness (QED) is 0.196. The van der Waals surface area contributed by atoms with E-state index >= 15 is 0 Å². The second kappa shape index (κ2) is 10.7. The maximum atomic E-state index is 14.4. The van der Waals surface area contributed by atoms with Gasteiger partial charge in [-0.05, 0) is 43.2 Å². The number of Topliss-reactive ketones (excluding diaryl/α,β-unsaturated/α-hetero) is 1. The summed E-state index contributed by atoms with van der Waals surface area (Å²) in [7, 11) is 5.44. The summed E-state index contributed by atoms with van der Waals surface area (Å²) in [6.45, 7) is 3.12. The lowest BCUT2D eigenvalue weighted by molar-refractivity contribution is -0.132. The average Bonchev–Trinajstić information content (AvgIpc) is 3.44. The molecule has 1 aliphatic rings. The van der Waals surface area contributed by atoms with Gasteiger partial charge in [-0.25, -0.2) is 14.2 Å². The predicted octanol–water partition coefficient (Wildman–Crippen LogP) is 4.34. The molecule has 0 spiro atoms. The first-order chi connectivity index (χ1) is 18.6. The molecule has 10 nitrogen and oxygen atoms in total. The smallest absolute Gasteiger partial charge is 0.350 e. The third-order valence-corrected chi connectivity index (χ3v) is 7.39. The van der Waals surface area contributed by atoms with Crippen molar-refractivity contribution < 1.29 is 42.8 Å². The van der Waals surface area contributed by atoms with Crippen LogP contribution in [0.4, 0.5) is 9.52 Å². The van der Waals surface area contributed by atoms with Gasteiger partial charge in [0, 0.05) is 5.56 Å².